The van der Waals surface area contributed by atoms with Crippen LogP contribution in [0.2, 0.25) is 0 Å². The summed E-state index contributed by atoms with van der Waals surface area (Å²) in [4.78, 5) is 27.3. The summed E-state index contributed by atoms with van der Waals surface area (Å²) in [5, 5.41) is 12.1. The van der Waals surface area contributed by atoms with Crippen LogP contribution in [-0.2, 0) is 11.2 Å². The number of nitrogens with zero attached hydrogens (tertiary/aromatic N) is 2. The number of likely N-dealkylation sites (N-methyl/N-ethyl adjacent to an activating group) is 2. The molecule has 1 aliphatic carbocycles. The number of rotatable bonds is 9. The number of benzene rings is 1. The van der Waals surface area contributed by atoms with Gasteiger partial charge >= 0.3 is 12.0 Å². The molecule has 27 heavy (non-hydrogen) atoms. The Hall–Kier alpha value is -2.08. The SMILES string of the molecule is CCC(Cc1ccc(C)cc1)N(C)C(=O)NC1CC(N(CC)CC(=O)O)C1. The number of hydrogen-bond donors (Lipinski definition) is 2. The second-order valence-electron chi connectivity index (χ2n) is 7.59. The van der Waals surface area contributed by atoms with E-state index in [0.717, 1.165) is 25.7 Å². The van der Waals surface area contributed by atoms with Crippen LogP contribution in [0.5, 0.6) is 0 Å². The first-order chi connectivity index (χ1) is 12.8. The second-order valence-corrected chi connectivity index (χ2v) is 7.59. The summed E-state index contributed by atoms with van der Waals surface area (Å²) in [6.45, 7) is 6.93. The fourth-order valence-electron chi connectivity index (χ4n) is 3.67. The third-order valence-corrected chi connectivity index (χ3v) is 5.63. The maximum absolute atomic E-state index is 12.6. The highest BCUT2D eigenvalue weighted by atomic mass is 16.4. The minimum Gasteiger partial charge on any atom is -0.480 e. The van der Waals surface area contributed by atoms with Crippen molar-refractivity contribution in [2.75, 3.05) is 20.1 Å². The number of hydrogen-bond acceptors (Lipinski definition) is 3. The molecule has 1 fully saturated rings. The first-order valence-electron chi connectivity index (χ1n) is 9.88. The molecule has 0 bridgehead atoms. The van der Waals surface area contributed by atoms with E-state index in [1.54, 1.807) is 0 Å². The van der Waals surface area contributed by atoms with E-state index in [4.69, 9.17) is 5.11 Å². The fourth-order valence-corrected chi connectivity index (χ4v) is 3.67. The Labute approximate surface area is 162 Å². The third kappa shape index (κ3) is 5.96. The summed E-state index contributed by atoms with van der Waals surface area (Å²) in [5.74, 6) is -0.800. The Morgan fingerprint density at radius 3 is 2.37 bits per heavy atom. The number of aryl methyl sites for hydroxylation is 1. The lowest BCUT2D eigenvalue weighted by atomic mass is 9.85. The van der Waals surface area contributed by atoms with E-state index in [1.165, 1.54) is 11.1 Å². The van der Waals surface area contributed by atoms with Crippen molar-refractivity contribution in [3.8, 4) is 0 Å². The topological polar surface area (TPSA) is 72.9 Å². The van der Waals surface area contributed by atoms with E-state index in [1.807, 2.05) is 23.8 Å². The predicted molar refractivity (Wildman–Crippen MR) is 107 cm³/mol. The molecular weight excluding hydrogens is 342 g/mol. The smallest absolute Gasteiger partial charge is 0.317 e. The van der Waals surface area contributed by atoms with Gasteiger partial charge in [0.2, 0.25) is 0 Å². The lowest BCUT2D eigenvalue weighted by molar-refractivity contribution is -0.139. The first-order valence-corrected chi connectivity index (χ1v) is 9.88. The molecular formula is C21H33N3O3. The molecule has 2 N–H and O–H groups in total. The lowest BCUT2D eigenvalue weighted by Crippen LogP contribution is -2.57. The summed E-state index contributed by atoms with van der Waals surface area (Å²) in [6, 6.07) is 8.95. The molecule has 1 aliphatic rings. The van der Waals surface area contributed by atoms with Crippen molar-refractivity contribution >= 4 is 12.0 Å². The predicted octanol–water partition coefficient (Wildman–Crippen LogP) is 2.90. The summed E-state index contributed by atoms with van der Waals surface area (Å²) >= 11 is 0. The van der Waals surface area contributed by atoms with Gasteiger partial charge in [-0.05, 0) is 44.7 Å². The van der Waals surface area contributed by atoms with Crippen LogP contribution in [0, 0.1) is 6.92 Å². The van der Waals surface area contributed by atoms with Crippen LogP contribution < -0.4 is 5.32 Å². The van der Waals surface area contributed by atoms with Crippen molar-refractivity contribution in [1.29, 1.82) is 0 Å². The normalized spacial score (nSPS) is 20.0. The largest absolute Gasteiger partial charge is 0.480 e. The van der Waals surface area contributed by atoms with Gasteiger partial charge in [0, 0.05) is 25.2 Å². The highest BCUT2D eigenvalue weighted by Gasteiger charge is 2.35. The molecule has 1 aromatic carbocycles. The van der Waals surface area contributed by atoms with Gasteiger partial charge in [-0.25, -0.2) is 4.79 Å². The maximum atomic E-state index is 12.6. The van der Waals surface area contributed by atoms with Crippen LogP contribution in [-0.4, -0.2) is 65.2 Å². The Morgan fingerprint density at radius 1 is 1.22 bits per heavy atom. The molecule has 6 heteroatoms. The molecule has 1 aromatic rings. The minimum atomic E-state index is -0.800. The van der Waals surface area contributed by atoms with E-state index in [2.05, 4.69) is 43.4 Å². The molecule has 2 rings (SSSR count). The molecule has 1 unspecified atom stereocenters. The number of carbonyl (C=O) groups is 2. The number of carboxylic acid groups (broad SMARTS) is 1. The number of aliphatic carboxylic acids is 1. The summed E-state index contributed by atoms with van der Waals surface area (Å²) in [5.41, 5.74) is 2.48. The second kappa shape index (κ2) is 9.74. The van der Waals surface area contributed by atoms with Gasteiger partial charge in [0.25, 0.3) is 0 Å². The number of carbonyl (C=O) groups excluding carboxylic acids is 1. The van der Waals surface area contributed by atoms with Gasteiger partial charge in [0.1, 0.15) is 0 Å². The van der Waals surface area contributed by atoms with E-state index < -0.39 is 5.97 Å². The number of nitrogens with one attached hydrogen (secondary N) is 1. The number of urea groups is 1. The van der Waals surface area contributed by atoms with Crippen LogP contribution in [0.25, 0.3) is 0 Å². The highest BCUT2D eigenvalue weighted by Crippen LogP contribution is 2.26. The zero-order valence-corrected chi connectivity index (χ0v) is 16.9. The lowest BCUT2D eigenvalue weighted by Gasteiger charge is -2.43. The van der Waals surface area contributed by atoms with Crippen LogP contribution in [0.1, 0.15) is 44.2 Å². The van der Waals surface area contributed by atoms with Crippen LogP contribution >= 0.6 is 0 Å². The van der Waals surface area contributed by atoms with Crippen molar-refractivity contribution in [3.63, 3.8) is 0 Å². The van der Waals surface area contributed by atoms with Crippen molar-refractivity contribution in [2.24, 2.45) is 0 Å². The van der Waals surface area contributed by atoms with Gasteiger partial charge in [-0.15, -0.1) is 0 Å². The van der Waals surface area contributed by atoms with Crippen LogP contribution in [0.3, 0.4) is 0 Å². The maximum Gasteiger partial charge on any atom is 0.317 e. The third-order valence-electron chi connectivity index (χ3n) is 5.63. The Morgan fingerprint density at radius 2 is 1.85 bits per heavy atom. The zero-order chi connectivity index (χ0) is 20.0. The van der Waals surface area contributed by atoms with E-state index in [-0.39, 0.29) is 30.7 Å². The molecule has 0 heterocycles. The Bertz CT molecular complexity index is 626. The molecule has 1 atom stereocenters. The van der Waals surface area contributed by atoms with Gasteiger partial charge in [-0.3, -0.25) is 9.69 Å². The van der Waals surface area contributed by atoms with Gasteiger partial charge in [-0.1, -0.05) is 43.7 Å². The molecule has 6 nitrogen and oxygen atoms in total. The van der Waals surface area contributed by atoms with E-state index in [9.17, 15) is 9.59 Å². The van der Waals surface area contributed by atoms with E-state index >= 15 is 0 Å². The molecule has 0 spiro atoms. The molecule has 1 saturated carbocycles. The van der Waals surface area contributed by atoms with E-state index in [0.29, 0.717) is 6.54 Å². The summed E-state index contributed by atoms with van der Waals surface area (Å²) in [7, 11) is 1.86. The van der Waals surface area contributed by atoms with Crippen molar-refractivity contribution in [2.45, 2.75) is 64.6 Å². The fraction of sp³-hybridized carbons (Fsp3) is 0.619. The van der Waals surface area contributed by atoms with Gasteiger partial charge < -0.3 is 15.3 Å². The molecule has 0 aromatic heterocycles. The minimum absolute atomic E-state index is 0.0429. The highest BCUT2D eigenvalue weighted by molar-refractivity contribution is 5.74. The zero-order valence-electron chi connectivity index (χ0n) is 16.9. The summed E-state index contributed by atoms with van der Waals surface area (Å²) < 4.78 is 0. The Balaban J connectivity index is 1.82. The average Bonchev–Trinajstić information content (AvgIpc) is 2.61. The van der Waals surface area contributed by atoms with Crippen molar-refractivity contribution in [3.05, 3.63) is 35.4 Å². The van der Waals surface area contributed by atoms with Gasteiger partial charge in [-0.2, -0.15) is 0 Å². The average molecular weight is 376 g/mol. The van der Waals surface area contributed by atoms with Crippen molar-refractivity contribution in [1.82, 2.24) is 15.1 Å². The standard InChI is InChI=1S/C21H33N3O3/c1-5-18(11-16-9-7-15(3)8-10-16)23(4)21(27)22-17-12-19(13-17)24(6-2)14-20(25)26/h7-10,17-19H,5-6,11-14H2,1-4H3,(H,22,27)(H,25,26). The number of carboxylic acids is 1. The van der Waals surface area contributed by atoms with Gasteiger partial charge in [0.15, 0.2) is 0 Å². The molecule has 150 valence electrons. The van der Waals surface area contributed by atoms with Gasteiger partial charge in [0.05, 0.1) is 6.54 Å². The summed E-state index contributed by atoms with van der Waals surface area (Å²) in [6.07, 6.45) is 3.37. The molecule has 0 saturated heterocycles. The first kappa shape index (κ1) is 21.2. The quantitative estimate of drug-likeness (QED) is 0.696. The molecule has 2 amide bonds. The Kier molecular flexibility index (Phi) is 7.66. The molecule has 0 radical (unpaired) electrons. The monoisotopic (exact) mass is 375 g/mol. The number of amides is 2. The van der Waals surface area contributed by atoms with Crippen LogP contribution in [0.4, 0.5) is 4.79 Å². The van der Waals surface area contributed by atoms with Crippen LogP contribution in [0.15, 0.2) is 24.3 Å². The van der Waals surface area contributed by atoms with Crippen molar-refractivity contribution < 1.29 is 14.7 Å². The molecule has 0 aliphatic heterocycles.